The molecule has 0 radical (unpaired) electrons. The summed E-state index contributed by atoms with van der Waals surface area (Å²) in [5, 5.41) is 14.3. The number of benzene rings is 2. The van der Waals surface area contributed by atoms with Crippen molar-refractivity contribution in [3.05, 3.63) is 81.6 Å². The maximum absolute atomic E-state index is 15.2. The van der Waals surface area contributed by atoms with E-state index in [0.29, 0.717) is 30.9 Å². The molecule has 0 aliphatic carbocycles. The van der Waals surface area contributed by atoms with E-state index in [9.17, 15) is 14.4 Å². The predicted molar refractivity (Wildman–Crippen MR) is 152 cm³/mol. The molecule has 2 amide bonds. The Balaban J connectivity index is 1.31. The van der Waals surface area contributed by atoms with Gasteiger partial charge in [0.15, 0.2) is 0 Å². The molecule has 1 fully saturated rings. The van der Waals surface area contributed by atoms with E-state index < -0.39 is 23.7 Å². The molecule has 3 heterocycles. The molecule has 0 bridgehead atoms. The highest BCUT2D eigenvalue weighted by Gasteiger charge is 2.41. The smallest absolute Gasteiger partial charge is 0.303 e. The molecule has 0 spiro atoms. The maximum atomic E-state index is 15.2. The topological polar surface area (TPSA) is 122 Å². The number of carboxylic acid groups (broad SMARTS) is 1. The number of hydrogen-bond acceptors (Lipinski definition) is 7. The largest absolute Gasteiger partial charge is 0.481 e. The summed E-state index contributed by atoms with van der Waals surface area (Å²) in [5.41, 5.74) is 0.639. The van der Waals surface area contributed by atoms with Crippen LogP contribution in [0.4, 0.5) is 10.1 Å². The van der Waals surface area contributed by atoms with E-state index in [1.807, 2.05) is 31.2 Å². The van der Waals surface area contributed by atoms with Gasteiger partial charge in [-0.3, -0.25) is 14.4 Å². The van der Waals surface area contributed by atoms with Crippen molar-refractivity contribution in [2.75, 3.05) is 18.5 Å². The van der Waals surface area contributed by atoms with Crippen molar-refractivity contribution < 1.29 is 33.0 Å². The minimum atomic E-state index is -0.959. The number of ether oxygens (including phenoxy) is 1. The molecule has 214 valence electrons. The molecule has 1 aliphatic heterocycles. The van der Waals surface area contributed by atoms with Gasteiger partial charge in [-0.25, -0.2) is 9.37 Å². The van der Waals surface area contributed by atoms with Gasteiger partial charge in [-0.05, 0) is 37.1 Å². The number of rotatable bonds is 10. The summed E-state index contributed by atoms with van der Waals surface area (Å²) < 4.78 is 27.8. The number of aromatic nitrogens is 1. The van der Waals surface area contributed by atoms with Gasteiger partial charge in [0, 0.05) is 35.0 Å². The molecular weight excluding hydrogens is 573 g/mol. The Morgan fingerprint density at radius 2 is 2.10 bits per heavy atom. The maximum Gasteiger partial charge on any atom is 0.303 e. The van der Waals surface area contributed by atoms with Crippen LogP contribution >= 0.6 is 22.9 Å². The van der Waals surface area contributed by atoms with E-state index in [1.54, 1.807) is 5.38 Å². The molecule has 2 atom stereocenters. The Kier molecular flexibility index (Phi) is 8.67. The molecule has 12 heteroatoms. The molecule has 2 aromatic heterocycles. The number of nitrogens with one attached hydrogen (secondary N) is 1. The van der Waals surface area contributed by atoms with Crippen LogP contribution in [0.2, 0.25) is 5.02 Å². The average molecular weight is 600 g/mol. The van der Waals surface area contributed by atoms with Crippen LogP contribution in [-0.4, -0.2) is 52.0 Å². The van der Waals surface area contributed by atoms with Gasteiger partial charge < -0.3 is 24.5 Å². The van der Waals surface area contributed by atoms with E-state index in [0.717, 1.165) is 16.2 Å². The van der Waals surface area contributed by atoms with Gasteiger partial charge in [0.2, 0.25) is 11.8 Å². The molecule has 5 rings (SSSR count). The van der Waals surface area contributed by atoms with E-state index in [2.05, 4.69) is 10.3 Å². The lowest BCUT2D eigenvalue weighted by Gasteiger charge is -2.26. The third-order valence-electron chi connectivity index (χ3n) is 6.90. The van der Waals surface area contributed by atoms with Crippen molar-refractivity contribution in [2.24, 2.45) is 0 Å². The first-order valence-corrected chi connectivity index (χ1v) is 14.3. The lowest BCUT2D eigenvalue weighted by atomic mass is 10.1. The van der Waals surface area contributed by atoms with Crippen LogP contribution in [-0.2, 0) is 27.2 Å². The second-order valence-corrected chi connectivity index (χ2v) is 10.9. The summed E-state index contributed by atoms with van der Waals surface area (Å²) in [5.74, 6) is -1.80. The SMILES string of the molecule is CCO[C@H]1CCN(C(=O)Cc2cc(Cl)c(NC(=O)c3csc4ccccc34)cc2F)[C@@H]1c1ncc(CCC(=O)O)o1. The monoisotopic (exact) mass is 599 g/mol. The normalized spacial score (nSPS) is 16.8. The first kappa shape index (κ1) is 28.7. The number of carbonyl (C=O) groups excluding carboxylic acids is 2. The fraction of sp³-hybridized carbons (Fsp3) is 0.310. The first-order valence-electron chi connectivity index (χ1n) is 13.1. The van der Waals surface area contributed by atoms with Gasteiger partial charge in [0.25, 0.3) is 5.91 Å². The summed E-state index contributed by atoms with van der Waals surface area (Å²) in [6.07, 6.45) is 1.37. The number of thiophene rings is 1. The zero-order valence-electron chi connectivity index (χ0n) is 22.1. The van der Waals surface area contributed by atoms with Crippen LogP contribution in [0.1, 0.15) is 53.4 Å². The standard InChI is InChI=1S/C29H27ClFN3O6S/c1-2-39-23-9-10-34(27(23)29-32-14-17(40-29)7-8-26(36)37)25(35)12-16-11-20(30)22(13-21(16)31)33-28(38)19-15-41-24-6-4-3-5-18(19)24/h3-6,11,13-15,23,27H,2,7-10,12H2,1H3,(H,33,38)(H,36,37)/t23-,27-/m0/s1. The quantitative estimate of drug-likeness (QED) is 0.234. The molecule has 1 aliphatic rings. The van der Waals surface area contributed by atoms with Crippen LogP contribution < -0.4 is 5.32 Å². The number of carboxylic acids is 1. The number of fused-ring (bicyclic) bond motifs is 1. The molecule has 0 unspecified atom stereocenters. The third kappa shape index (κ3) is 6.27. The summed E-state index contributed by atoms with van der Waals surface area (Å²) in [4.78, 5) is 43.1. The average Bonchev–Trinajstić information content (AvgIpc) is 3.68. The van der Waals surface area contributed by atoms with E-state index in [1.165, 1.54) is 28.5 Å². The number of likely N-dealkylation sites (tertiary alicyclic amines) is 1. The van der Waals surface area contributed by atoms with Crippen molar-refractivity contribution in [1.29, 1.82) is 0 Å². The number of anilines is 1. The van der Waals surface area contributed by atoms with Crippen LogP contribution in [0.5, 0.6) is 0 Å². The Bertz CT molecular complexity index is 1600. The predicted octanol–water partition coefficient (Wildman–Crippen LogP) is 5.87. The molecule has 9 nitrogen and oxygen atoms in total. The zero-order chi connectivity index (χ0) is 29.1. The molecule has 4 aromatic rings. The minimum absolute atomic E-state index is 0.0761. The van der Waals surface area contributed by atoms with E-state index in [4.69, 9.17) is 25.9 Å². The lowest BCUT2D eigenvalue weighted by molar-refractivity contribution is -0.137. The summed E-state index contributed by atoms with van der Waals surface area (Å²) in [6, 6.07) is 9.30. The number of carbonyl (C=O) groups is 3. The molecule has 0 saturated carbocycles. The number of hydrogen-bond donors (Lipinski definition) is 2. The summed E-state index contributed by atoms with van der Waals surface area (Å²) in [7, 11) is 0. The Morgan fingerprint density at radius 3 is 2.88 bits per heavy atom. The first-order chi connectivity index (χ1) is 19.7. The van der Waals surface area contributed by atoms with E-state index >= 15 is 4.39 Å². The van der Waals surface area contributed by atoms with Gasteiger partial charge in [-0.15, -0.1) is 11.3 Å². The van der Waals surface area contributed by atoms with Gasteiger partial charge in [-0.2, -0.15) is 0 Å². The second kappa shape index (κ2) is 12.4. The van der Waals surface area contributed by atoms with Crippen LogP contribution in [0.3, 0.4) is 0 Å². The minimum Gasteiger partial charge on any atom is -0.481 e. The van der Waals surface area contributed by atoms with Gasteiger partial charge in [0.1, 0.15) is 17.6 Å². The van der Waals surface area contributed by atoms with E-state index in [-0.39, 0.29) is 53.4 Å². The van der Waals surface area contributed by atoms with Crippen LogP contribution in [0, 0.1) is 5.82 Å². The number of nitrogens with zero attached hydrogens (tertiary/aromatic N) is 2. The van der Waals surface area contributed by atoms with Crippen molar-refractivity contribution in [1.82, 2.24) is 9.88 Å². The molecule has 41 heavy (non-hydrogen) atoms. The van der Waals surface area contributed by atoms with Crippen molar-refractivity contribution in [2.45, 2.75) is 44.8 Å². The van der Waals surface area contributed by atoms with Gasteiger partial charge >= 0.3 is 5.97 Å². The molecule has 2 N–H and O–H groups in total. The summed E-state index contributed by atoms with van der Waals surface area (Å²) in [6.45, 7) is 2.60. The highest BCUT2D eigenvalue weighted by atomic mass is 35.5. The number of oxazole rings is 1. The zero-order valence-corrected chi connectivity index (χ0v) is 23.6. The third-order valence-corrected chi connectivity index (χ3v) is 8.18. The van der Waals surface area contributed by atoms with Crippen LogP contribution in [0.15, 0.2) is 52.4 Å². The highest BCUT2D eigenvalue weighted by Crippen LogP contribution is 2.36. The van der Waals surface area contributed by atoms with Crippen molar-refractivity contribution >= 4 is 56.5 Å². The second-order valence-electron chi connectivity index (χ2n) is 9.57. The Morgan fingerprint density at radius 1 is 1.29 bits per heavy atom. The number of aliphatic carboxylic acids is 1. The molecule has 1 saturated heterocycles. The highest BCUT2D eigenvalue weighted by molar-refractivity contribution is 7.17. The van der Waals surface area contributed by atoms with Crippen molar-refractivity contribution in [3.63, 3.8) is 0 Å². The Labute approximate surface area is 243 Å². The number of aryl methyl sites for hydroxylation is 1. The summed E-state index contributed by atoms with van der Waals surface area (Å²) >= 11 is 7.86. The van der Waals surface area contributed by atoms with Crippen molar-refractivity contribution in [3.8, 4) is 0 Å². The fourth-order valence-corrected chi connectivity index (χ4v) is 6.13. The van der Waals surface area contributed by atoms with Gasteiger partial charge in [0.05, 0.1) is 41.4 Å². The molecule has 2 aromatic carbocycles. The van der Waals surface area contributed by atoms with Gasteiger partial charge in [-0.1, -0.05) is 29.8 Å². The van der Waals surface area contributed by atoms with Crippen LogP contribution in [0.25, 0.3) is 10.1 Å². The number of halogens is 2. The lowest BCUT2D eigenvalue weighted by Crippen LogP contribution is -2.35. The number of amides is 2. The fourth-order valence-electron chi connectivity index (χ4n) is 4.96. The molecular formula is C29H27ClFN3O6S. The Hall–Kier alpha value is -3.80.